The van der Waals surface area contributed by atoms with Crippen LogP contribution in [0.5, 0.6) is 5.75 Å². The highest BCUT2D eigenvalue weighted by molar-refractivity contribution is 6.32. The van der Waals surface area contributed by atoms with Crippen molar-refractivity contribution in [2.75, 3.05) is 5.32 Å². The molecule has 1 N–H and O–H groups in total. The Morgan fingerprint density at radius 2 is 2.21 bits per heavy atom. The Morgan fingerprint density at radius 1 is 1.37 bits per heavy atom. The molecule has 2 aromatic rings. The molecular weight excluding hydrogens is 276 g/mol. The summed E-state index contributed by atoms with van der Waals surface area (Å²) in [5.41, 5.74) is 0.771. The van der Waals surface area contributed by atoms with Crippen LogP contribution < -0.4 is 10.1 Å². The minimum atomic E-state index is -2.83. The smallest absolute Gasteiger partial charge is 0.387 e. The molecule has 2 rings (SSSR count). The second-order valence-corrected chi connectivity index (χ2v) is 4.01. The molecule has 1 aromatic carbocycles. The van der Waals surface area contributed by atoms with Crippen molar-refractivity contribution in [1.82, 2.24) is 9.97 Å². The van der Waals surface area contributed by atoms with Crippen molar-refractivity contribution in [2.45, 2.75) is 13.2 Å². The van der Waals surface area contributed by atoms with Gasteiger partial charge in [-0.15, -0.1) is 0 Å². The van der Waals surface area contributed by atoms with Crippen molar-refractivity contribution in [1.29, 1.82) is 0 Å². The van der Waals surface area contributed by atoms with Crippen LogP contribution in [0.4, 0.5) is 14.6 Å². The van der Waals surface area contributed by atoms with E-state index in [9.17, 15) is 8.78 Å². The van der Waals surface area contributed by atoms with Crippen molar-refractivity contribution >= 4 is 17.4 Å². The summed E-state index contributed by atoms with van der Waals surface area (Å²) in [7, 11) is 0. The van der Waals surface area contributed by atoms with Gasteiger partial charge < -0.3 is 10.1 Å². The Bertz CT molecular complexity index is 554. The molecule has 4 nitrogen and oxygen atoms in total. The Labute approximate surface area is 113 Å². The monoisotopic (exact) mass is 285 g/mol. The number of hydrogen-bond donors (Lipinski definition) is 1. The van der Waals surface area contributed by atoms with Crippen molar-refractivity contribution < 1.29 is 13.5 Å². The lowest BCUT2D eigenvalue weighted by atomic mass is 10.2. The maximum Gasteiger partial charge on any atom is 0.387 e. The molecule has 19 heavy (non-hydrogen) atoms. The Kier molecular flexibility index (Phi) is 4.46. The molecule has 7 heteroatoms. The van der Waals surface area contributed by atoms with Crippen molar-refractivity contribution in [3.05, 3.63) is 47.4 Å². The largest absolute Gasteiger partial charge is 0.435 e. The molecule has 0 aliphatic heterocycles. The lowest BCUT2D eigenvalue weighted by Crippen LogP contribution is -2.04. The molecule has 0 amide bonds. The SMILES string of the molecule is FC(F)Oc1cccc(CNc2ncncc2Cl)c1. The predicted molar refractivity (Wildman–Crippen MR) is 67.4 cm³/mol. The van der Waals surface area contributed by atoms with E-state index < -0.39 is 6.61 Å². The third-order valence-corrected chi connectivity index (χ3v) is 2.53. The molecule has 0 spiro atoms. The molecule has 0 aliphatic carbocycles. The maximum atomic E-state index is 12.1. The van der Waals surface area contributed by atoms with Gasteiger partial charge in [-0.05, 0) is 17.7 Å². The summed E-state index contributed by atoms with van der Waals surface area (Å²) in [4.78, 5) is 7.72. The fourth-order valence-corrected chi connectivity index (χ4v) is 1.63. The highest BCUT2D eigenvalue weighted by atomic mass is 35.5. The fourth-order valence-electron chi connectivity index (χ4n) is 1.46. The van der Waals surface area contributed by atoms with Crippen LogP contribution in [0.25, 0.3) is 0 Å². The number of nitrogens with one attached hydrogen (secondary N) is 1. The van der Waals surface area contributed by atoms with Crippen molar-refractivity contribution in [3.8, 4) is 5.75 Å². The molecule has 1 aromatic heterocycles. The number of rotatable bonds is 5. The normalized spacial score (nSPS) is 10.5. The van der Waals surface area contributed by atoms with Crippen LogP contribution in [0.1, 0.15) is 5.56 Å². The third-order valence-electron chi connectivity index (χ3n) is 2.25. The summed E-state index contributed by atoms with van der Waals surface area (Å²) in [6, 6.07) is 6.40. The van der Waals surface area contributed by atoms with Gasteiger partial charge in [-0.1, -0.05) is 23.7 Å². The molecule has 100 valence electrons. The molecule has 0 aliphatic rings. The molecule has 0 atom stereocenters. The van der Waals surface area contributed by atoms with Gasteiger partial charge in [0.05, 0.1) is 6.20 Å². The van der Waals surface area contributed by atoms with E-state index >= 15 is 0 Å². The maximum absolute atomic E-state index is 12.1. The number of ether oxygens (including phenoxy) is 1. The zero-order valence-electron chi connectivity index (χ0n) is 9.69. The summed E-state index contributed by atoms with van der Waals surface area (Å²) >= 11 is 5.88. The average Bonchev–Trinajstić information content (AvgIpc) is 2.37. The molecule has 0 fully saturated rings. The van der Waals surface area contributed by atoms with E-state index in [0.717, 1.165) is 5.56 Å². The Balaban J connectivity index is 2.02. The fraction of sp³-hybridized carbons (Fsp3) is 0.167. The van der Waals surface area contributed by atoms with Crippen LogP contribution >= 0.6 is 11.6 Å². The highest BCUT2D eigenvalue weighted by Gasteiger charge is 2.05. The van der Waals surface area contributed by atoms with Gasteiger partial charge >= 0.3 is 6.61 Å². The third kappa shape index (κ3) is 4.03. The number of alkyl halides is 2. The predicted octanol–water partition coefficient (Wildman–Crippen LogP) is 3.34. The van der Waals surface area contributed by atoms with Gasteiger partial charge in [-0.2, -0.15) is 8.78 Å². The Hall–Kier alpha value is -1.95. The average molecular weight is 286 g/mol. The first-order chi connectivity index (χ1) is 9.15. The van der Waals surface area contributed by atoms with E-state index in [0.29, 0.717) is 17.4 Å². The number of halogens is 3. The van der Waals surface area contributed by atoms with Gasteiger partial charge in [0.25, 0.3) is 0 Å². The molecule has 0 bridgehead atoms. The molecule has 0 saturated carbocycles. The quantitative estimate of drug-likeness (QED) is 0.915. The second-order valence-electron chi connectivity index (χ2n) is 3.60. The van der Waals surface area contributed by atoms with E-state index in [-0.39, 0.29) is 5.75 Å². The second kappa shape index (κ2) is 6.29. The first kappa shape index (κ1) is 13.5. The van der Waals surface area contributed by atoms with Crippen LogP contribution in [-0.2, 0) is 6.54 Å². The van der Waals surface area contributed by atoms with Crippen LogP contribution in [0.3, 0.4) is 0 Å². The van der Waals surface area contributed by atoms with Crippen molar-refractivity contribution in [3.63, 3.8) is 0 Å². The lowest BCUT2D eigenvalue weighted by molar-refractivity contribution is -0.0498. The first-order valence-electron chi connectivity index (χ1n) is 5.38. The Morgan fingerprint density at radius 3 is 2.95 bits per heavy atom. The first-order valence-corrected chi connectivity index (χ1v) is 5.76. The number of nitrogens with zero attached hydrogens (tertiary/aromatic N) is 2. The molecular formula is C12H10ClF2N3O. The zero-order chi connectivity index (χ0) is 13.7. The zero-order valence-corrected chi connectivity index (χ0v) is 10.4. The summed E-state index contributed by atoms with van der Waals surface area (Å²) in [5.74, 6) is 0.597. The van der Waals surface area contributed by atoms with Crippen LogP contribution in [-0.4, -0.2) is 16.6 Å². The molecule has 0 unspecified atom stereocenters. The van der Waals surface area contributed by atoms with E-state index in [1.807, 2.05) is 0 Å². The summed E-state index contributed by atoms with van der Waals surface area (Å²) in [6.45, 7) is -2.45. The van der Waals surface area contributed by atoms with Gasteiger partial charge in [0, 0.05) is 6.54 Å². The number of benzene rings is 1. The van der Waals surface area contributed by atoms with Crippen LogP contribution in [0.15, 0.2) is 36.8 Å². The minimum Gasteiger partial charge on any atom is -0.435 e. The standard InChI is InChI=1S/C12H10ClF2N3O/c13-10-6-16-7-18-11(10)17-5-8-2-1-3-9(4-8)19-12(14)15/h1-4,6-7,12H,5H2,(H,16,17,18). The summed E-state index contributed by atoms with van der Waals surface area (Å²) in [5, 5.41) is 3.37. The topological polar surface area (TPSA) is 47.0 Å². The van der Waals surface area contributed by atoms with E-state index in [1.165, 1.54) is 24.7 Å². The van der Waals surface area contributed by atoms with E-state index in [4.69, 9.17) is 11.6 Å². The molecule has 0 saturated heterocycles. The van der Waals surface area contributed by atoms with Crippen LogP contribution in [0, 0.1) is 0 Å². The van der Waals surface area contributed by atoms with E-state index in [2.05, 4.69) is 20.0 Å². The van der Waals surface area contributed by atoms with Gasteiger partial charge in [0.15, 0.2) is 0 Å². The van der Waals surface area contributed by atoms with Gasteiger partial charge in [0.1, 0.15) is 22.9 Å². The number of hydrogen-bond acceptors (Lipinski definition) is 4. The van der Waals surface area contributed by atoms with Gasteiger partial charge in [-0.3, -0.25) is 0 Å². The lowest BCUT2D eigenvalue weighted by Gasteiger charge is -2.09. The highest BCUT2D eigenvalue weighted by Crippen LogP contribution is 2.19. The van der Waals surface area contributed by atoms with Crippen molar-refractivity contribution in [2.24, 2.45) is 0 Å². The summed E-state index contributed by atoms with van der Waals surface area (Å²) < 4.78 is 28.5. The van der Waals surface area contributed by atoms with Gasteiger partial charge in [0.2, 0.25) is 0 Å². The van der Waals surface area contributed by atoms with Gasteiger partial charge in [-0.25, -0.2) is 9.97 Å². The number of anilines is 1. The minimum absolute atomic E-state index is 0.114. The van der Waals surface area contributed by atoms with Crippen LogP contribution in [0.2, 0.25) is 5.02 Å². The number of aromatic nitrogens is 2. The molecule has 1 heterocycles. The van der Waals surface area contributed by atoms with E-state index in [1.54, 1.807) is 12.1 Å². The molecule has 0 radical (unpaired) electrons. The summed E-state index contributed by atoms with van der Waals surface area (Å²) in [6.07, 6.45) is 2.83.